The minimum Gasteiger partial charge on any atom is -0.379 e. The molecule has 160 valence electrons. The maximum Gasteiger partial charge on any atom is 0.253 e. The number of ether oxygens (including phenoxy) is 1. The molecule has 30 heavy (non-hydrogen) atoms. The van der Waals surface area contributed by atoms with E-state index in [1.165, 1.54) is 9.99 Å². The van der Waals surface area contributed by atoms with E-state index in [1.807, 2.05) is 23.1 Å². The van der Waals surface area contributed by atoms with Gasteiger partial charge in [-0.3, -0.25) is 4.79 Å². The highest BCUT2D eigenvalue weighted by Gasteiger charge is 2.25. The van der Waals surface area contributed by atoms with Crippen molar-refractivity contribution in [3.63, 3.8) is 0 Å². The fourth-order valence-electron chi connectivity index (χ4n) is 3.86. The number of rotatable bonds is 5. The molecule has 2 aromatic rings. The van der Waals surface area contributed by atoms with Gasteiger partial charge in [-0.25, -0.2) is 8.42 Å². The Morgan fingerprint density at radius 1 is 0.833 bits per heavy atom. The molecule has 0 bridgehead atoms. The summed E-state index contributed by atoms with van der Waals surface area (Å²) in [6.45, 7) is 4.59. The van der Waals surface area contributed by atoms with Crippen molar-refractivity contribution in [2.45, 2.75) is 5.75 Å². The van der Waals surface area contributed by atoms with Crippen molar-refractivity contribution in [3.05, 3.63) is 65.7 Å². The molecule has 0 atom stereocenters. The second-order valence-electron chi connectivity index (χ2n) is 7.58. The van der Waals surface area contributed by atoms with Crippen LogP contribution in [0.15, 0.2) is 54.6 Å². The summed E-state index contributed by atoms with van der Waals surface area (Å²) in [5, 5.41) is 0. The fraction of sp³-hybridized carbons (Fsp3) is 0.409. The monoisotopic (exact) mass is 429 g/mol. The van der Waals surface area contributed by atoms with Crippen LogP contribution in [0.1, 0.15) is 15.9 Å². The molecular weight excluding hydrogens is 402 g/mol. The van der Waals surface area contributed by atoms with Crippen molar-refractivity contribution in [2.24, 2.45) is 0 Å². The van der Waals surface area contributed by atoms with E-state index in [1.54, 1.807) is 24.3 Å². The topological polar surface area (TPSA) is 70.2 Å². The fourth-order valence-corrected chi connectivity index (χ4v) is 5.36. The molecule has 0 aromatic heterocycles. The van der Waals surface area contributed by atoms with Crippen LogP contribution in [-0.4, -0.2) is 76.0 Å². The summed E-state index contributed by atoms with van der Waals surface area (Å²) in [7, 11) is -3.37. The average Bonchev–Trinajstić information content (AvgIpc) is 2.80. The van der Waals surface area contributed by atoms with Gasteiger partial charge in [-0.05, 0) is 29.8 Å². The smallest absolute Gasteiger partial charge is 0.253 e. The van der Waals surface area contributed by atoms with Crippen LogP contribution in [0, 0.1) is 0 Å². The molecule has 2 aliphatic rings. The van der Waals surface area contributed by atoms with Gasteiger partial charge in [-0.2, -0.15) is 4.31 Å². The molecule has 0 radical (unpaired) electrons. The number of piperazine rings is 1. The predicted octanol–water partition coefficient (Wildman–Crippen LogP) is 1.81. The van der Waals surface area contributed by atoms with Gasteiger partial charge in [0.15, 0.2) is 0 Å². The number of carbonyl (C=O) groups excluding carboxylic acids is 1. The van der Waals surface area contributed by atoms with E-state index in [0.29, 0.717) is 50.5 Å². The second-order valence-corrected chi connectivity index (χ2v) is 9.55. The summed E-state index contributed by atoms with van der Waals surface area (Å²) in [5.74, 6) is -0.0673. The summed E-state index contributed by atoms with van der Waals surface area (Å²) in [4.78, 5) is 17.0. The van der Waals surface area contributed by atoms with Gasteiger partial charge < -0.3 is 14.5 Å². The minimum absolute atomic E-state index is 0.00898. The van der Waals surface area contributed by atoms with E-state index < -0.39 is 10.0 Å². The number of hydrogen-bond donors (Lipinski definition) is 0. The molecule has 2 aliphatic heterocycles. The molecule has 0 unspecified atom stereocenters. The third-order valence-corrected chi connectivity index (χ3v) is 7.45. The Balaban J connectivity index is 1.34. The molecule has 2 heterocycles. The zero-order valence-corrected chi connectivity index (χ0v) is 17.8. The quantitative estimate of drug-likeness (QED) is 0.725. The molecule has 0 aliphatic carbocycles. The van der Waals surface area contributed by atoms with Crippen LogP contribution in [-0.2, 0) is 20.5 Å². The van der Waals surface area contributed by atoms with Crippen LogP contribution < -0.4 is 4.90 Å². The summed E-state index contributed by atoms with van der Waals surface area (Å²) >= 11 is 0. The first-order valence-corrected chi connectivity index (χ1v) is 11.9. The van der Waals surface area contributed by atoms with Gasteiger partial charge in [0.1, 0.15) is 0 Å². The largest absolute Gasteiger partial charge is 0.379 e. The zero-order valence-electron chi connectivity index (χ0n) is 16.9. The van der Waals surface area contributed by atoms with Gasteiger partial charge in [0.25, 0.3) is 5.91 Å². The Hall–Kier alpha value is -2.42. The summed E-state index contributed by atoms with van der Waals surface area (Å²) in [5.41, 5.74) is 2.46. The van der Waals surface area contributed by atoms with Crippen molar-refractivity contribution in [1.29, 1.82) is 0 Å². The summed E-state index contributed by atoms with van der Waals surface area (Å²) < 4.78 is 31.8. The standard InChI is InChI=1S/C22H27N3O4S/c26-22(24-12-10-23(11-13-24)21-4-2-1-3-5-21)20-8-6-19(7-9-20)18-30(27,28)25-14-16-29-17-15-25/h1-9H,10-18H2. The summed E-state index contributed by atoms with van der Waals surface area (Å²) in [6, 6.07) is 17.2. The van der Waals surface area contributed by atoms with Gasteiger partial charge >= 0.3 is 0 Å². The van der Waals surface area contributed by atoms with Gasteiger partial charge in [-0.1, -0.05) is 30.3 Å². The molecule has 0 N–H and O–H groups in total. The van der Waals surface area contributed by atoms with Crippen molar-refractivity contribution < 1.29 is 17.9 Å². The van der Waals surface area contributed by atoms with Gasteiger partial charge in [0, 0.05) is 50.5 Å². The number of carbonyl (C=O) groups is 1. The van der Waals surface area contributed by atoms with Crippen molar-refractivity contribution in [3.8, 4) is 0 Å². The first-order chi connectivity index (χ1) is 14.5. The van der Waals surface area contributed by atoms with E-state index in [2.05, 4.69) is 17.0 Å². The zero-order chi connectivity index (χ0) is 21.0. The molecule has 2 fully saturated rings. The molecule has 7 nitrogen and oxygen atoms in total. The van der Waals surface area contributed by atoms with Crippen molar-refractivity contribution in [1.82, 2.24) is 9.21 Å². The number of hydrogen-bond acceptors (Lipinski definition) is 5. The third-order valence-electron chi connectivity index (χ3n) is 5.60. The van der Waals surface area contributed by atoms with Gasteiger partial charge in [-0.15, -0.1) is 0 Å². The van der Waals surface area contributed by atoms with Crippen LogP contribution >= 0.6 is 0 Å². The maximum atomic E-state index is 12.9. The normalized spacial score (nSPS) is 18.4. The van der Waals surface area contributed by atoms with E-state index in [4.69, 9.17) is 4.74 Å². The lowest BCUT2D eigenvalue weighted by molar-refractivity contribution is 0.0729. The lowest BCUT2D eigenvalue weighted by Crippen LogP contribution is -2.48. The predicted molar refractivity (Wildman–Crippen MR) is 116 cm³/mol. The molecule has 0 spiro atoms. The Morgan fingerprint density at radius 3 is 2.10 bits per heavy atom. The van der Waals surface area contributed by atoms with Gasteiger partial charge in [0.05, 0.1) is 19.0 Å². The number of para-hydroxylation sites is 1. The number of benzene rings is 2. The number of morpholine rings is 1. The minimum atomic E-state index is -3.37. The van der Waals surface area contributed by atoms with E-state index in [0.717, 1.165) is 13.1 Å². The molecule has 8 heteroatoms. The maximum absolute atomic E-state index is 12.9. The molecule has 2 aromatic carbocycles. The van der Waals surface area contributed by atoms with Crippen LogP contribution in [0.25, 0.3) is 0 Å². The lowest BCUT2D eigenvalue weighted by Gasteiger charge is -2.36. The van der Waals surface area contributed by atoms with Crippen LogP contribution in [0.2, 0.25) is 0 Å². The van der Waals surface area contributed by atoms with Crippen molar-refractivity contribution >= 4 is 21.6 Å². The van der Waals surface area contributed by atoms with Crippen LogP contribution in [0.3, 0.4) is 0 Å². The lowest BCUT2D eigenvalue weighted by atomic mass is 10.1. The first kappa shape index (κ1) is 20.8. The van der Waals surface area contributed by atoms with E-state index in [-0.39, 0.29) is 11.7 Å². The Bertz CT molecular complexity index is 950. The SMILES string of the molecule is O=C(c1ccc(CS(=O)(=O)N2CCOCC2)cc1)N1CCN(c2ccccc2)CC1. The van der Waals surface area contributed by atoms with Crippen LogP contribution in [0.4, 0.5) is 5.69 Å². The Kier molecular flexibility index (Phi) is 6.36. The number of anilines is 1. The molecule has 4 rings (SSSR count). The molecule has 2 saturated heterocycles. The van der Waals surface area contributed by atoms with E-state index >= 15 is 0 Å². The number of sulfonamides is 1. The Morgan fingerprint density at radius 2 is 1.47 bits per heavy atom. The average molecular weight is 430 g/mol. The molecule has 1 amide bonds. The highest BCUT2D eigenvalue weighted by Crippen LogP contribution is 2.18. The molecule has 0 saturated carbocycles. The number of nitrogens with zero attached hydrogens (tertiary/aromatic N) is 3. The molecular formula is C22H27N3O4S. The number of amides is 1. The highest BCUT2D eigenvalue weighted by atomic mass is 32.2. The Labute approximate surface area is 177 Å². The highest BCUT2D eigenvalue weighted by molar-refractivity contribution is 7.88. The van der Waals surface area contributed by atoms with Gasteiger partial charge in [0.2, 0.25) is 10.0 Å². The van der Waals surface area contributed by atoms with Crippen molar-refractivity contribution in [2.75, 3.05) is 57.4 Å². The second kappa shape index (κ2) is 9.16. The van der Waals surface area contributed by atoms with E-state index in [9.17, 15) is 13.2 Å². The first-order valence-electron chi connectivity index (χ1n) is 10.3. The summed E-state index contributed by atoms with van der Waals surface area (Å²) in [6.07, 6.45) is 0. The van der Waals surface area contributed by atoms with Crippen LogP contribution in [0.5, 0.6) is 0 Å². The third kappa shape index (κ3) is 4.83.